The average molecular weight is 427 g/mol. The Morgan fingerprint density at radius 2 is 2.11 bits per heavy atom. The second-order valence-electron chi connectivity index (χ2n) is 5.87. The van der Waals surface area contributed by atoms with Gasteiger partial charge in [-0.2, -0.15) is 0 Å². The first-order valence-corrected chi connectivity index (χ1v) is 10.5. The van der Waals surface area contributed by atoms with Crippen molar-refractivity contribution in [2.24, 2.45) is 0 Å². The minimum absolute atomic E-state index is 0.334. The number of halogens is 1. The van der Waals surface area contributed by atoms with Crippen molar-refractivity contribution in [1.29, 1.82) is 5.26 Å². The van der Waals surface area contributed by atoms with E-state index < -0.39 is 27.7 Å². The number of rotatable bonds is 6. The van der Waals surface area contributed by atoms with Crippen LogP contribution >= 0.6 is 0 Å². The Morgan fingerprint density at radius 1 is 1.30 bits per heavy atom. The van der Waals surface area contributed by atoms with E-state index in [1.54, 1.807) is 37.4 Å². The van der Waals surface area contributed by atoms with Crippen LogP contribution in [0.5, 0.6) is 5.75 Å². The molecule has 0 saturated carbocycles. The molecule has 1 heterocycles. The molecular weight excluding hydrogens is 410 g/mol. The molecule has 0 fully saturated rings. The van der Waals surface area contributed by atoms with Crippen LogP contribution in [0.4, 0.5) is 4.39 Å². The van der Waals surface area contributed by atoms with E-state index in [0.717, 1.165) is 0 Å². The molecule has 0 saturated heterocycles. The fraction of sp³-hybridized carbons (Fsp3) is 0.200. The van der Waals surface area contributed by atoms with Crippen molar-refractivity contribution >= 4 is 31.1 Å². The molecule has 27 heavy (non-hydrogen) atoms. The summed E-state index contributed by atoms with van der Waals surface area (Å²) in [6.45, 7) is -0.334. The molecule has 7 heteroatoms. The van der Waals surface area contributed by atoms with Gasteiger partial charge in [-0.25, -0.2) is 0 Å². The fourth-order valence-corrected chi connectivity index (χ4v) is 4.86. The molecule has 5 nitrogen and oxygen atoms in total. The van der Waals surface area contributed by atoms with Gasteiger partial charge in [0, 0.05) is 0 Å². The number of pyridine rings is 1. The molecular formula is C20H17AsFN2O3. The van der Waals surface area contributed by atoms with Crippen LogP contribution in [0.15, 0.2) is 42.5 Å². The van der Waals surface area contributed by atoms with Crippen molar-refractivity contribution < 1.29 is 19.3 Å². The van der Waals surface area contributed by atoms with Gasteiger partial charge in [-0.1, -0.05) is 0 Å². The van der Waals surface area contributed by atoms with E-state index in [2.05, 4.69) is 11.1 Å². The van der Waals surface area contributed by atoms with Crippen molar-refractivity contribution in [1.82, 2.24) is 4.98 Å². The zero-order chi connectivity index (χ0) is 19.4. The molecule has 1 unspecified atom stereocenters. The average Bonchev–Trinajstić information content (AvgIpc) is 2.70. The summed E-state index contributed by atoms with van der Waals surface area (Å²) < 4.78 is 19.7. The molecule has 0 aliphatic heterocycles. The molecule has 0 bridgehead atoms. The normalized spacial score (nSPS) is 12.4. The minimum atomic E-state index is -0.845. The molecule has 0 amide bonds. The van der Waals surface area contributed by atoms with E-state index in [1.165, 1.54) is 12.1 Å². The van der Waals surface area contributed by atoms with E-state index in [4.69, 9.17) is 9.84 Å². The Labute approximate surface area is 162 Å². The van der Waals surface area contributed by atoms with Crippen molar-refractivity contribution in [2.45, 2.75) is 11.3 Å². The molecule has 3 aromatic rings. The predicted octanol–water partition coefficient (Wildman–Crippen LogP) is 2.02. The molecule has 0 aliphatic rings. The monoisotopic (exact) mass is 427 g/mol. The van der Waals surface area contributed by atoms with E-state index in [9.17, 15) is 14.8 Å². The van der Waals surface area contributed by atoms with Crippen molar-refractivity contribution in [3.63, 3.8) is 0 Å². The van der Waals surface area contributed by atoms with Crippen LogP contribution in [-0.4, -0.2) is 50.8 Å². The summed E-state index contributed by atoms with van der Waals surface area (Å²) in [5, 5.41) is 29.6. The number of methoxy groups -OCH3 is 1. The number of ether oxygens (including phenoxy) is 1. The fourth-order valence-electron chi connectivity index (χ4n) is 2.77. The summed E-state index contributed by atoms with van der Waals surface area (Å²) in [5.41, 5.74) is 2.21. The Bertz CT molecular complexity index is 1020. The third kappa shape index (κ3) is 4.11. The van der Waals surface area contributed by atoms with Crippen LogP contribution in [-0.2, 0) is 0 Å². The quantitative estimate of drug-likeness (QED) is 0.588. The van der Waals surface area contributed by atoms with Crippen LogP contribution in [0.2, 0.25) is 5.21 Å². The van der Waals surface area contributed by atoms with Crippen LogP contribution < -0.4 is 9.22 Å². The molecule has 1 radical (unpaired) electrons. The van der Waals surface area contributed by atoms with Crippen LogP contribution in [0, 0.1) is 17.1 Å². The first-order chi connectivity index (χ1) is 13.1. The van der Waals surface area contributed by atoms with E-state index >= 15 is 0 Å². The molecule has 3 rings (SSSR count). The first kappa shape index (κ1) is 19.3. The van der Waals surface area contributed by atoms with Crippen LogP contribution in [0.3, 0.4) is 0 Å². The molecule has 1 atom stereocenters. The number of aliphatic hydroxyl groups is 2. The number of nitriles is 1. The Kier molecular flexibility index (Phi) is 6.07. The Hall–Kier alpha value is -2.45. The van der Waals surface area contributed by atoms with E-state index in [1.807, 2.05) is 0 Å². The third-order valence-corrected chi connectivity index (χ3v) is 6.64. The third-order valence-electron chi connectivity index (χ3n) is 4.06. The van der Waals surface area contributed by atoms with Crippen LogP contribution in [0.1, 0.15) is 5.56 Å². The zero-order valence-corrected chi connectivity index (χ0v) is 16.4. The molecule has 2 N–H and O–H groups in total. The van der Waals surface area contributed by atoms with Gasteiger partial charge < -0.3 is 0 Å². The number of hydrogen-bond acceptors (Lipinski definition) is 5. The second kappa shape index (κ2) is 8.49. The molecule has 2 aromatic carbocycles. The zero-order valence-electron chi connectivity index (χ0n) is 14.6. The number of hydrogen-bond donors (Lipinski definition) is 2. The van der Waals surface area contributed by atoms with Gasteiger partial charge in [0.15, 0.2) is 0 Å². The van der Waals surface area contributed by atoms with Gasteiger partial charge >= 0.3 is 163 Å². The molecule has 1 aromatic heterocycles. The second-order valence-corrected chi connectivity index (χ2v) is 8.19. The number of nitrogens with zero attached hydrogens (tertiary/aromatic N) is 2. The topological polar surface area (TPSA) is 86.4 Å². The van der Waals surface area contributed by atoms with E-state index in [0.29, 0.717) is 43.0 Å². The van der Waals surface area contributed by atoms with Gasteiger partial charge in [-0.05, 0) is 0 Å². The molecule has 137 valence electrons. The number of fused-ring (bicyclic) bond motifs is 1. The van der Waals surface area contributed by atoms with Gasteiger partial charge in [0.25, 0.3) is 0 Å². The van der Waals surface area contributed by atoms with Gasteiger partial charge in [0.05, 0.1) is 0 Å². The maximum absolute atomic E-state index is 13.9. The van der Waals surface area contributed by atoms with E-state index in [-0.39, 0.29) is 6.61 Å². The van der Waals surface area contributed by atoms with Gasteiger partial charge in [-0.3, -0.25) is 0 Å². The number of benzene rings is 2. The summed E-state index contributed by atoms with van der Waals surface area (Å²) in [4.78, 5) is 4.61. The van der Waals surface area contributed by atoms with Crippen LogP contribution in [0.25, 0.3) is 22.0 Å². The summed E-state index contributed by atoms with van der Waals surface area (Å²) in [5.74, 6) is 0.220. The predicted molar refractivity (Wildman–Crippen MR) is 102 cm³/mol. The van der Waals surface area contributed by atoms with Crippen molar-refractivity contribution in [2.75, 3.05) is 13.7 Å². The Morgan fingerprint density at radius 3 is 2.78 bits per heavy atom. The maximum atomic E-state index is 13.9. The Balaban J connectivity index is 2.28. The summed E-state index contributed by atoms with van der Waals surface area (Å²) in [7, 11) is 1.55. The number of aromatic nitrogens is 1. The summed E-state index contributed by atoms with van der Waals surface area (Å²) >= 11 is -0.652. The SMILES string of the molecule is COc1ccc2nc([As]CC(O)CO)c(C#N)c(-c3cccc(F)c3)c2c1. The molecule has 0 aliphatic carbocycles. The summed E-state index contributed by atoms with van der Waals surface area (Å²) in [6.07, 6.45) is -0.845. The summed E-state index contributed by atoms with van der Waals surface area (Å²) in [6, 6.07) is 13.7. The number of aliphatic hydroxyl groups excluding tert-OH is 2. The van der Waals surface area contributed by atoms with Gasteiger partial charge in [-0.15, -0.1) is 0 Å². The van der Waals surface area contributed by atoms with Crippen molar-refractivity contribution in [3.05, 3.63) is 53.8 Å². The first-order valence-electron chi connectivity index (χ1n) is 8.21. The van der Waals surface area contributed by atoms with Crippen molar-refractivity contribution in [3.8, 4) is 22.9 Å². The van der Waals surface area contributed by atoms with Gasteiger partial charge in [0.2, 0.25) is 0 Å². The standard InChI is InChI=1S/C20H17AsFN2O3/c1-27-15-5-6-18-16(8-15)19(12-3-2-4-13(22)7-12)17(10-23)20(24-18)21-9-14(26)11-25/h2-8,14,25-26H,9,11H2,1H3. The molecule has 0 spiro atoms. The van der Waals surface area contributed by atoms with Gasteiger partial charge in [0.1, 0.15) is 0 Å².